The lowest BCUT2D eigenvalue weighted by Gasteiger charge is -2.21. The number of esters is 4. The Kier molecular flexibility index (Phi) is 62.1. The summed E-state index contributed by atoms with van der Waals surface area (Å²) in [5.41, 5.74) is 0. The molecular formula is C70H136O17P2. The van der Waals surface area contributed by atoms with Crippen LogP contribution in [0.5, 0.6) is 0 Å². The predicted octanol–water partition coefficient (Wildman–Crippen LogP) is 20.1. The minimum atomic E-state index is -4.95. The maximum absolute atomic E-state index is 13.0. The van der Waals surface area contributed by atoms with Gasteiger partial charge in [0, 0.05) is 25.7 Å². The van der Waals surface area contributed by atoms with E-state index >= 15 is 0 Å². The van der Waals surface area contributed by atoms with Gasteiger partial charge in [-0.1, -0.05) is 311 Å². The van der Waals surface area contributed by atoms with E-state index in [1.165, 1.54) is 180 Å². The van der Waals surface area contributed by atoms with Crippen molar-refractivity contribution in [1.82, 2.24) is 0 Å². The molecule has 0 aromatic heterocycles. The van der Waals surface area contributed by atoms with E-state index in [9.17, 15) is 43.2 Å². The van der Waals surface area contributed by atoms with Gasteiger partial charge in [0.05, 0.1) is 26.4 Å². The van der Waals surface area contributed by atoms with Gasteiger partial charge in [-0.15, -0.1) is 0 Å². The van der Waals surface area contributed by atoms with Crippen molar-refractivity contribution in [2.75, 3.05) is 39.6 Å². The number of hydrogen-bond donors (Lipinski definition) is 3. The second-order valence-corrected chi connectivity index (χ2v) is 28.7. The van der Waals surface area contributed by atoms with Crippen LogP contribution in [0.15, 0.2) is 0 Å². The van der Waals surface area contributed by atoms with Crippen molar-refractivity contribution < 1.29 is 80.2 Å². The molecule has 0 aliphatic rings. The number of ether oxygens (including phenoxy) is 4. The fourth-order valence-electron chi connectivity index (χ4n) is 10.6. The standard InChI is InChI=1S/C70H136O17P2/c1-6-9-12-15-18-21-22-27-31-35-39-44-49-54-68(73)81-60-66(87-70(75)56-51-46-41-36-32-29-26-24-23-25-28-30-34-37-42-47-52-63(4)5)62-85-89(78,79)83-58-64(71)57-82-88(76,77)84-61-65(59-80-67(72)53-48-43-38-20-17-14-11-8-3)86-69(74)55-50-45-40-33-19-16-13-10-7-2/h63-66,71H,6-62H2,1-5H3,(H,76,77)(H,78,79)/t64-,65+,66+/m0/s1. The molecule has 0 bridgehead atoms. The van der Waals surface area contributed by atoms with Crippen LogP contribution in [0.2, 0.25) is 0 Å². The Morgan fingerprint density at radius 3 is 0.764 bits per heavy atom. The lowest BCUT2D eigenvalue weighted by molar-refractivity contribution is -0.161. The van der Waals surface area contributed by atoms with Crippen LogP contribution in [0.25, 0.3) is 0 Å². The van der Waals surface area contributed by atoms with E-state index in [0.717, 1.165) is 102 Å². The topological polar surface area (TPSA) is 237 Å². The summed E-state index contributed by atoms with van der Waals surface area (Å²) in [5, 5.41) is 10.6. The van der Waals surface area contributed by atoms with Crippen molar-refractivity contribution >= 4 is 39.5 Å². The molecule has 0 radical (unpaired) electrons. The van der Waals surface area contributed by atoms with Crippen LogP contribution in [0, 0.1) is 5.92 Å². The average Bonchev–Trinajstić information content (AvgIpc) is 3.66. The molecule has 19 heteroatoms. The van der Waals surface area contributed by atoms with Crippen LogP contribution in [0.3, 0.4) is 0 Å². The summed E-state index contributed by atoms with van der Waals surface area (Å²) in [7, 11) is -9.89. The first-order valence-electron chi connectivity index (χ1n) is 36.6. The average molecular weight is 1310 g/mol. The van der Waals surface area contributed by atoms with Gasteiger partial charge in [0.25, 0.3) is 0 Å². The van der Waals surface area contributed by atoms with E-state index in [4.69, 9.17) is 37.0 Å². The fraction of sp³-hybridized carbons (Fsp3) is 0.943. The normalized spacial score (nSPS) is 14.1. The molecule has 0 aliphatic carbocycles. The molecule has 0 saturated carbocycles. The molecule has 17 nitrogen and oxygen atoms in total. The maximum atomic E-state index is 13.0. The first-order valence-corrected chi connectivity index (χ1v) is 39.6. The van der Waals surface area contributed by atoms with Gasteiger partial charge >= 0.3 is 39.5 Å². The van der Waals surface area contributed by atoms with Gasteiger partial charge in [-0.25, -0.2) is 9.13 Å². The van der Waals surface area contributed by atoms with E-state index in [-0.39, 0.29) is 25.7 Å². The zero-order valence-electron chi connectivity index (χ0n) is 57.6. The molecule has 0 saturated heterocycles. The molecule has 3 N–H and O–H groups in total. The summed E-state index contributed by atoms with van der Waals surface area (Å²) in [6.07, 6.45) is 50.0. The predicted molar refractivity (Wildman–Crippen MR) is 358 cm³/mol. The van der Waals surface area contributed by atoms with E-state index in [1.807, 2.05) is 0 Å². The molecule has 0 aromatic carbocycles. The highest BCUT2D eigenvalue weighted by Gasteiger charge is 2.30. The van der Waals surface area contributed by atoms with Gasteiger partial charge in [0.2, 0.25) is 0 Å². The van der Waals surface area contributed by atoms with Crippen molar-refractivity contribution in [2.24, 2.45) is 5.92 Å². The Morgan fingerprint density at radius 2 is 0.517 bits per heavy atom. The summed E-state index contributed by atoms with van der Waals surface area (Å²) in [5.74, 6) is -1.32. The van der Waals surface area contributed by atoms with Crippen molar-refractivity contribution in [3.63, 3.8) is 0 Å². The number of aliphatic hydroxyl groups excluding tert-OH is 1. The Hall–Kier alpha value is -1.94. The Balaban J connectivity index is 5.17. The minimum absolute atomic E-state index is 0.106. The molecule has 0 aliphatic heterocycles. The Bertz CT molecular complexity index is 1720. The van der Waals surface area contributed by atoms with Crippen LogP contribution >= 0.6 is 15.6 Å². The molecule has 89 heavy (non-hydrogen) atoms. The summed E-state index contributed by atoms with van der Waals surface area (Å²) >= 11 is 0. The Labute approximate surface area is 543 Å². The van der Waals surface area contributed by atoms with Gasteiger partial charge in [-0.05, 0) is 31.6 Å². The minimum Gasteiger partial charge on any atom is -0.462 e. The van der Waals surface area contributed by atoms with Crippen molar-refractivity contribution in [2.45, 2.75) is 380 Å². The second-order valence-electron chi connectivity index (χ2n) is 25.7. The molecule has 0 rings (SSSR count). The third kappa shape index (κ3) is 64.6. The van der Waals surface area contributed by atoms with Gasteiger partial charge in [-0.2, -0.15) is 0 Å². The molecule has 0 amide bonds. The van der Waals surface area contributed by atoms with Crippen molar-refractivity contribution in [3.8, 4) is 0 Å². The molecule has 5 atom stereocenters. The first kappa shape index (κ1) is 87.1. The number of phosphoric ester groups is 2. The van der Waals surface area contributed by atoms with Crippen LogP contribution in [0.1, 0.15) is 362 Å². The molecular weight excluding hydrogens is 1170 g/mol. The monoisotopic (exact) mass is 1310 g/mol. The molecule has 0 spiro atoms. The lowest BCUT2D eigenvalue weighted by Crippen LogP contribution is -2.30. The van der Waals surface area contributed by atoms with Gasteiger partial charge in [0.1, 0.15) is 19.3 Å². The molecule has 2 unspecified atom stereocenters. The van der Waals surface area contributed by atoms with E-state index in [0.29, 0.717) is 25.7 Å². The smallest absolute Gasteiger partial charge is 0.462 e. The van der Waals surface area contributed by atoms with Gasteiger partial charge < -0.3 is 33.8 Å². The van der Waals surface area contributed by atoms with E-state index in [1.54, 1.807) is 0 Å². The summed E-state index contributed by atoms with van der Waals surface area (Å²) in [4.78, 5) is 72.4. The highest BCUT2D eigenvalue weighted by Crippen LogP contribution is 2.45. The third-order valence-corrected chi connectivity index (χ3v) is 18.2. The summed E-state index contributed by atoms with van der Waals surface area (Å²) < 4.78 is 68.2. The number of carbonyl (C=O) groups is 4. The summed E-state index contributed by atoms with van der Waals surface area (Å²) in [6.45, 7) is 7.24. The zero-order chi connectivity index (χ0) is 65.6. The quantitative estimate of drug-likeness (QED) is 0.0222. The number of aliphatic hydroxyl groups is 1. The van der Waals surface area contributed by atoms with Crippen molar-refractivity contribution in [3.05, 3.63) is 0 Å². The molecule has 0 heterocycles. The SMILES string of the molecule is CCCCCCCCCCCCCCCC(=O)OC[C@H](COP(=O)(O)OC[C@@H](O)COP(=O)(O)OC[C@@H](COC(=O)CCCCCCCCCC)OC(=O)CCCCCCCCCCC)OC(=O)CCCCCCCCCCCCCCCCCCC(C)C. The van der Waals surface area contributed by atoms with E-state index < -0.39 is 97.5 Å². The fourth-order valence-corrected chi connectivity index (χ4v) is 12.2. The number of unbranched alkanes of at least 4 members (excludes halogenated alkanes) is 42. The zero-order valence-corrected chi connectivity index (χ0v) is 59.4. The van der Waals surface area contributed by atoms with Crippen LogP contribution in [0.4, 0.5) is 0 Å². The second kappa shape index (κ2) is 63.5. The van der Waals surface area contributed by atoms with E-state index in [2.05, 4.69) is 34.6 Å². The molecule has 0 fully saturated rings. The van der Waals surface area contributed by atoms with Gasteiger partial charge in [-0.3, -0.25) is 37.3 Å². The summed E-state index contributed by atoms with van der Waals surface area (Å²) in [6, 6.07) is 0. The lowest BCUT2D eigenvalue weighted by atomic mass is 10.0. The highest BCUT2D eigenvalue weighted by molar-refractivity contribution is 7.47. The largest absolute Gasteiger partial charge is 0.472 e. The molecule has 0 aromatic rings. The molecule has 528 valence electrons. The van der Waals surface area contributed by atoms with Crippen LogP contribution < -0.4 is 0 Å². The number of hydrogen-bond acceptors (Lipinski definition) is 15. The maximum Gasteiger partial charge on any atom is 0.472 e. The number of rotatable bonds is 70. The number of carbonyl (C=O) groups excluding carboxylic acids is 4. The number of phosphoric acid groups is 2. The third-order valence-electron chi connectivity index (χ3n) is 16.3. The van der Waals surface area contributed by atoms with Gasteiger partial charge in [0.15, 0.2) is 12.2 Å². The van der Waals surface area contributed by atoms with Crippen molar-refractivity contribution in [1.29, 1.82) is 0 Å². The first-order chi connectivity index (χ1) is 43.0. The Morgan fingerprint density at radius 1 is 0.303 bits per heavy atom. The highest BCUT2D eigenvalue weighted by atomic mass is 31.2. The van der Waals surface area contributed by atoms with Crippen LogP contribution in [-0.2, 0) is 65.4 Å². The van der Waals surface area contributed by atoms with Crippen LogP contribution in [-0.4, -0.2) is 96.7 Å².